The van der Waals surface area contributed by atoms with E-state index in [0.29, 0.717) is 5.56 Å². The predicted molar refractivity (Wildman–Crippen MR) is 58.6 cm³/mol. The number of aromatic carboxylic acids is 1. The minimum absolute atomic E-state index is 0.00495. The fourth-order valence-corrected chi connectivity index (χ4v) is 1.81. The molecule has 0 saturated heterocycles. The van der Waals surface area contributed by atoms with Crippen LogP contribution in [0.4, 0.5) is 4.39 Å². The van der Waals surface area contributed by atoms with Crippen molar-refractivity contribution in [3.63, 3.8) is 0 Å². The molecule has 90 valence electrons. The maximum absolute atomic E-state index is 13.7. The molecule has 5 heteroatoms. The Hall–Kier alpha value is -1.88. The first-order valence-corrected chi connectivity index (χ1v) is 4.99. The van der Waals surface area contributed by atoms with Crippen LogP contribution in [0.5, 0.6) is 0 Å². The van der Waals surface area contributed by atoms with Gasteiger partial charge in [0.1, 0.15) is 11.4 Å². The van der Waals surface area contributed by atoms with E-state index in [9.17, 15) is 9.18 Å². The molecule has 0 atom stereocenters. The van der Waals surface area contributed by atoms with Crippen molar-refractivity contribution in [3.05, 3.63) is 34.8 Å². The summed E-state index contributed by atoms with van der Waals surface area (Å²) < 4.78 is 23.8. The van der Waals surface area contributed by atoms with Gasteiger partial charge in [0.2, 0.25) is 5.76 Å². The molecule has 0 aliphatic heterocycles. The van der Waals surface area contributed by atoms with Gasteiger partial charge in [-0.2, -0.15) is 0 Å². The van der Waals surface area contributed by atoms with Crippen molar-refractivity contribution >= 4 is 16.9 Å². The number of hydrogen-bond acceptors (Lipinski definition) is 3. The van der Waals surface area contributed by atoms with Crippen LogP contribution in [-0.2, 0) is 11.3 Å². The average molecular weight is 238 g/mol. The zero-order chi connectivity index (χ0) is 12.6. The van der Waals surface area contributed by atoms with Crippen LogP contribution < -0.4 is 0 Å². The lowest BCUT2D eigenvalue weighted by molar-refractivity contribution is 0.0658. The summed E-state index contributed by atoms with van der Waals surface area (Å²) in [4.78, 5) is 11.0. The van der Waals surface area contributed by atoms with Crippen LogP contribution in [0.15, 0.2) is 16.5 Å². The van der Waals surface area contributed by atoms with Crippen LogP contribution in [0.25, 0.3) is 11.0 Å². The van der Waals surface area contributed by atoms with Crippen LogP contribution >= 0.6 is 0 Å². The second-order valence-corrected chi connectivity index (χ2v) is 3.72. The summed E-state index contributed by atoms with van der Waals surface area (Å²) in [5.74, 6) is -2.00. The highest BCUT2D eigenvalue weighted by molar-refractivity contribution is 5.96. The number of carbonyl (C=O) groups is 1. The Balaban J connectivity index is 2.84. The minimum Gasteiger partial charge on any atom is -0.475 e. The van der Waals surface area contributed by atoms with Gasteiger partial charge in [0.15, 0.2) is 0 Å². The maximum atomic E-state index is 13.7. The normalized spacial score (nSPS) is 11.0. The summed E-state index contributed by atoms with van der Waals surface area (Å²) in [5.41, 5.74) is 1.18. The standard InChI is InChI=1S/C12H11FO4/c1-6-3-4-8(13)9-7(5-16-2)11(12(14)15)17-10(6)9/h3-4H,5H2,1-2H3,(H,14,15). The van der Waals surface area contributed by atoms with Gasteiger partial charge in [-0.05, 0) is 18.6 Å². The number of aryl methyl sites for hydroxylation is 1. The molecule has 0 unspecified atom stereocenters. The molecule has 1 aromatic heterocycles. The molecule has 0 aliphatic carbocycles. The quantitative estimate of drug-likeness (QED) is 0.893. The van der Waals surface area contributed by atoms with E-state index in [-0.39, 0.29) is 28.9 Å². The molecule has 0 radical (unpaired) electrons. The van der Waals surface area contributed by atoms with Crippen molar-refractivity contribution < 1.29 is 23.4 Å². The summed E-state index contributed by atoms with van der Waals surface area (Å²) in [6.07, 6.45) is 0. The molecule has 0 bridgehead atoms. The summed E-state index contributed by atoms with van der Waals surface area (Å²) in [7, 11) is 1.41. The van der Waals surface area contributed by atoms with E-state index in [1.54, 1.807) is 13.0 Å². The number of benzene rings is 1. The molecule has 1 aromatic carbocycles. The van der Waals surface area contributed by atoms with Crippen molar-refractivity contribution in [3.8, 4) is 0 Å². The minimum atomic E-state index is -1.23. The van der Waals surface area contributed by atoms with E-state index in [0.717, 1.165) is 0 Å². The largest absolute Gasteiger partial charge is 0.475 e. The molecule has 0 spiro atoms. The van der Waals surface area contributed by atoms with Gasteiger partial charge in [-0.1, -0.05) is 6.07 Å². The molecule has 0 fully saturated rings. The van der Waals surface area contributed by atoms with E-state index in [2.05, 4.69) is 0 Å². The highest BCUT2D eigenvalue weighted by Crippen LogP contribution is 2.31. The number of carboxylic acids is 1. The van der Waals surface area contributed by atoms with Crippen molar-refractivity contribution in [2.45, 2.75) is 13.5 Å². The molecule has 0 amide bonds. The van der Waals surface area contributed by atoms with Crippen molar-refractivity contribution in [2.75, 3.05) is 7.11 Å². The Bertz CT molecular complexity index is 586. The molecule has 1 N–H and O–H groups in total. The third-order valence-corrected chi connectivity index (χ3v) is 2.57. The molecule has 4 nitrogen and oxygen atoms in total. The zero-order valence-electron chi connectivity index (χ0n) is 9.41. The number of hydrogen-bond donors (Lipinski definition) is 1. The van der Waals surface area contributed by atoms with Gasteiger partial charge in [-0.15, -0.1) is 0 Å². The number of halogens is 1. The highest BCUT2D eigenvalue weighted by Gasteiger charge is 2.23. The monoisotopic (exact) mass is 238 g/mol. The molecule has 0 aliphatic rings. The van der Waals surface area contributed by atoms with Crippen LogP contribution in [0.1, 0.15) is 21.7 Å². The second kappa shape index (κ2) is 4.18. The van der Waals surface area contributed by atoms with Gasteiger partial charge in [-0.3, -0.25) is 0 Å². The number of furan rings is 1. The summed E-state index contributed by atoms with van der Waals surface area (Å²) >= 11 is 0. The third kappa shape index (κ3) is 1.78. The molecule has 1 heterocycles. The Morgan fingerprint density at radius 1 is 1.53 bits per heavy atom. The zero-order valence-corrected chi connectivity index (χ0v) is 9.41. The van der Waals surface area contributed by atoms with Gasteiger partial charge < -0.3 is 14.3 Å². The lowest BCUT2D eigenvalue weighted by atomic mass is 10.1. The lowest BCUT2D eigenvalue weighted by Gasteiger charge is -1.99. The second-order valence-electron chi connectivity index (χ2n) is 3.72. The molecule has 2 aromatic rings. The Morgan fingerprint density at radius 2 is 2.24 bits per heavy atom. The lowest BCUT2D eigenvalue weighted by Crippen LogP contribution is -2.00. The van der Waals surface area contributed by atoms with Crippen molar-refractivity contribution in [2.24, 2.45) is 0 Å². The first kappa shape index (κ1) is 11.6. The van der Waals surface area contributed by atoms with Gasteiger partial charge >= 0.3 is 5.97 Å². The first-order valence-electron chi connectivity index (χ1n) is 4.99. The Labute approximate surface area is 96.6 Å². The summed E-state index contributed by atoms with van der Waals surface area (Å²) in [6.45, 7) is 1.72. The molecule has 17 heavy (non-hydrogen) atoms. The summed E-state index contributed by atoms with van der Waals surface area (Å²) in [6, 6.07) is 2.83. The smallest absolute Gasteiger partial charge is 0.372 e. The fourth-order valence-electron chi connectivity index (χ4n) is 1.81. The van der Waals surface area contributed by atoms with E-state index >= 15 is 0 Å². The van der Waals surface area contributed by atoms with E-state index < -0.39 is 11.8 Å². The van der Waals surface area contributed by atoms with Gasteiger partial charge in [-0.25, -0.2) is 9.18 Å². The summed E-state index contributed by atoms with van der Waals surface area (Å²) in [5, 5.41) is 9.19. The number of ether oxygens (including phenoxy) is 1. The molecule has 0 saturated carbocycles. The van der Waals surface area contributed by atoms with Crippen LogP contribution in [0.3, 0.4) is 0 Å². The van der Waals surface area contributed by atoms with Crippen LogP contribution in [0, 0.1) is 12.7 Å². The average Bonchev–Trinajstić information content (AvgIpc) is 2.65. The van der Waals surface area contributed by atoms with Crippen molar-refractivity contribution in [1.29, 1.82) is 0 Å². The van der Waals surface area contributed by atoms with E-state index in [1.165, 1.54) is 13.2 Å². The Kier molecular flexibility index (Phi) is 2.85. The van der Waals surface area contributed by atoms with Gasteiger partial charge in [0.25, 0.3) is 0 Å². The Morgan fingerprint density at radius 3 is 2.82 bits per heavy atom. The fraction of sp³-hybridized carbons (Fsp3) is 0.250. The number of rotatable bonds is 3. The third-order valence-electron chi connectivity index (χ3n) is 2.57. The van der Waals surface area contributed by atoms with Crippen LogP contribution in [0.2, 0.25) is 0 Å². The molecular formula is C12H11FO4. The SMILES string of the molecule is COCc1c(C(=O)O)oc2c(C)ccc(F)c12. The topological polar surface area (TPSA) is 59.7 Å². The number of carboxylic acid groups (broad SMARTS) is 1. The van der Waals surface area contributed by atoms with Crippen molar-refractivity contribution in [1.82, 2.24) is 0 Å². The first-order chi connectivity index (χ1) is 8.06. The van der Waals surface area contributed by atoms with E-state index in [1.807, 2.05) is 0 Å². The number of fused-ring (bicyclic) bond motifs is 1. The predicted octanol–water partition coefficient (Wildman–Crippen LogP) is 2.72. The van der Waals surface area contributed by atoms with E-state index in [4.69, 9.17) is 14.3 Å². The molecular weight excluding hydrogens is 227 g/mol. The maximum Gasteiger partial charge on any atom is 0.372 e. The van der Waals surface area contributed by atoms with Crippen LogP contribution in [-0.4, -0.2) is 18.2 Å². The van der Waals surface area contributed by atoms with Gasteiger partial charge in [0, 0.05) is 12.7 Å². The van der Waals surface area contributed by atoms with Gasteiger partial charge in [0.05, 0.1) is 12.0 Å². The highest BCUT2D eigenvalue weighted by atomic mass is 19.1. The number of methoxy groups -OCH3 is 1. The molecule has 2 rings (SSSR count).